The number of hydrogen-bond donors (Lipinski definition) is 0. The topological polar surface area (TPSA) is 65.3 Å². The summed E-state index contributed by atoms with van der Waals surface area (Å²) in [6.45, 7) is 4.34. The second-order valence-corrected chi connectivity index (χ2v) is 7.04. The molecule has 132 valence electrons. The van der Waals surface area contributed by atoms with Gasteiger partial charge in [0.25, 0.3) is 11.8 Å². The number of imide groups is 1. The maximum Gasteiger partial charge on any atom is 0.263 e. The number of anilines is 1. The van der Waals surface area contributed by atoms with Crippen molar-refractivity contribution in [3.8, 4) is 0 Å². The Hall–Kier alpha value is -2.73. The third-order valence-corrected chi connectivity index (χ3v) is 5.12. The molecule has 0 saturated carbocycles. The Kier molecular flexibility index (Phi) is 4.00. The lowest BCUT2D eigenvalue weighted by atomic mass is 10.1. The van der Waals surface area contributed by atoms with Crippen LogP contribution >= 0.6 is 11.6 Å². The van der Waals surface area contributed by atoms with Crippen molar-refractivity contribution in [2.45, 2.75) is 32.5 Å². The van der Waals surface area contributed by atoms with Gasteiger partial charge in [0.1, 0.15) is 0 Å². The average Bonchev–Trinajstić information content (AvgIpc) is 3.13. The molecule has 0 radical (unpaired) electrons. The number of benzene rings is 2. The first-order chi connectivity index (χ1) is 12.5. The zero-order valence-corrected chi connectivity index (χ0v) is 15.1. The van der Waals surface area contributed by atoms with E-state index in [0.29, 0.717) is 17.3 Å². The van der Waals surface area contributed by atoms with Crippen LogP contribution in [0, 0.1) is 13.8 Å². The molecule has 0 aromatic heterocycles. The van der Waals surface area contributed by atoms with Crippen molar-refractivity contribution in [3.63, 3.8) is 0 Å². The van der Waals surface area contributed by atoms with E-state index in [1.54, 1.807) is 23.2 Å². The molecule has 2 aliphatic heterocycles. The normalized spacial score (nSPS) is 21.7. The van der Waals surface area contributed by atoms with Gasteiger partial charge in [0.15, 0.2) is 12.1 Å². The maximum atomic E-state index is 13.0. The van der Waals surface area contributed by atoms with E-state index >= 15 is 0 Å². The number of carbonyl (C=O) groups excluding carboxylic acids is 2. The first kappa shape index (κ1) is 16.7. The molecule has 1 saturated heterocycles. The molecule has 1 fully saturated rings. The van der Waals surface area contributed by atoms with Crippen molar-refractivity contribution in [3.05, 3.63) is 64.2 Å². The van der Waals surface area contributed by atoms with Crippen LogP contribution in [0.4, 0.5) is 5.69 Å². The second-order valence-electron chi connectivity index (χ2n) is 6.60. The number of hydrogen-bond acceptors (Lipinski definition) is 5. The molecule has 2 heterocycles. The molecular formula is C19H17ClN4O2. The van der Waals surface area contributed by atoms with Gasteiger partial charge < -0.3 is 0 Å². The van der Waals surface area contributed by atoms with E-state index in [1.807, 2.05) is 38.1 Å². The van der Waals surface area contributed by atoms with Crippen LogP contribution in [0.25, 0.3) is 0 Å². The first-order valence-corrected chi connectivity index (χ1v) is 8.70. The molecule has 2 aromatic rings. The molecular weight excluding hydrogens is 352 g/mol. The van der Waals surface area contributed by atoms with Gasteiger partial charge in [-0.05, 0) is 54.8 Å². The van der Waals surface area contributed by atoms with Crippen molar-refractivity contribution in [1.82, 2.24) is 5.01 Å². The molecule has 2 amide bonds. The fourth-order valence-electron chi connectivity index (χ4n) is 3.25. The van der Waals surface area contributed by atoms with Gasteiger partial charge in [-0.25, -0.2) is 4.90 Å². The summed E-state index contributed by atoms with van der Waals surface area (Å²) in [5.41, 5.74) is 3.66. The van der Waals surface area contributed by atoms with Gasteiger partial charge in [-0.15, -0.1) is 0 Å². The molecule has 4 rings (SSSR count). The smallest absolute Gasteiger partial charge is 0.263 e. The Labute approximate surface area is 156 Å². The molecule has 0 N–H and O–H groups in total. The summed E-state index contributed by atoms with van der Waals surface area (Å²) in [6, 6.07) is 11.4. The number of nitrogens with zero attached hydrogens (tertiary/aromatic N) is 4. The van der Waals surface area contributed by atoms with Crippen molar-refractivity contribution in [2.24, 2.45) is 10.3 Å². The highest BCUT2D eigenvalue weighted by molar-refractivity contribution is 6.30. The van der Waals surface area contributed by atoms with Crippen molar-refractivity contribution in [2.75, 3.05) is 4.90 Å². The fraction of sp³-hybridized carbons (Fsp3) is 0.263. The number of fused-ring (bicyclic) bond motifs is 1. The Morgan fingerprint density at radius 3 is 2.42 bits per heavy atom. The molecule has 2 atom stereocenters. The monoisotopic (exact) mass is 368 g/mol. The van der Waals surface area contributed by atoms with Crippen LogP contribution in [-0.4, -0.2) is 28.9 Å². The predicted molar refractivity (Wildman–Crippen MR) is 97.8 cm³/mol. The van der Waals surface area contributed by atoms with Crippen LogP contribution in [0.2, 0.25) is 5.02 Å². The molecule has 6 nitrogen and oxygen atoms in total. The van der Waals surface area contributed by atoms with E-state index in [9.17, 15) is 9.59 Å². The summed E-state index contributed by atoms with van der Waals surface area (Å²) < 4.78 is 0. The summed E-state index contributed by atoms with van der Waals surface area (Å²) >= 11 is 5.91. The summed E-state index contributed by atoms with van der Waals surface area (Å²) in [7, 11) is 0. The molecule has 0 bridgehead atoms. The van der Waals surface area contributed by atoms with E-state index in [1.165, 1.54) is 4.90 Å². The molecule has 7 heteroatoms. The van der Waals surface area contributed by atoms with Crippen LogP contribution in [0.1, 0.15) is 16.7 Å². The minimum atomic E-state index is -0.781. The molecule has 2 aromatic carbocycles. The lowest BCUT2D eigenvalue weighted by Crippen LogP contribution is -2.39. The lowest BCUT2D eigenvalue weighted by molar-refractivity contribution is -0.123. The van der Waals surface area contributed by atoms with Gasteiger partial charge in [-0.1, -0.05) is 35.0 Å². The van der Waals surface area contributed by atoms with Crippen LogP contribution in [0.15, 0.2) is 52.8 Å². The number of rotatable bonds is 3. The summed E-state index contributed by atoms with van der Waals surface area (Å²) in [5.74, 6) is -0.618. The van der Waals surface area contributed by atoms with E-state index in [2.05, 4.69) is 10.3 Å². The van der Waals surface area contributed by atoms with E-state index in [4.69, 9.17) is 11.6 Å². The summed E-state index contributed by atoms with van der Waals surface area (Å²) in [4.78, 5) is 26.9. The van der Waals surface area contributed by atoms with Crippen LogP contribution in [0.5, 0.6) is 0 Å². The average molecular weight is 369 g/mol. The minimum absolute atomic E-state index is 0.290. The number of halogens is 1. The van der Waals surface area contributed by atoms with Crippen molar-refractivity contribution < 1.29 is 9.59 Å². The first-order valence-electron chi connectivity index (χ1n) is 8.32. The molecule has 2 aliphatic rings. The molecule has 0 aliphatic carbocycles. The highest BCUT2D eigenvalue weighted by atomic mass is 35.5. The largest absolute Gasteiger partial charge is 0.271 e. The lowest BCUT2D eigenvalue weighted by Gasteiger charge is -2.21. The quantitative estimate of drug-likeness (QED) is 0.779. The van der Waals surface area contributed by atoms with Crippen LogP contribution < -0.4 is 4.90 Å². The number of carbonyl (C=O) groups is 2. The molecule has 0 unspecified atom stereocenters. The van der Waals surface area contributed by atoms with Gasteiger partial charge >= 0.3 is 0 Å². The third kappa shape index (κ3) is 2.66. The van der Waals surface area contributed by atoms with Crippen LogP contribution in [0.3, 0.4) is 0 Å². The molecule has 26 heavy (non-hydrogen) atoms. The zero-order valence-electron chi connectivity index (χ0n) is 14.4. The molecule has 0 spiro atoms. The predicted octanol–water partition coefficient (Wildman–Crippen LogP) is 3.45. The Morgan fingerprint density at radius 2 is 1.73 bits per heavy atom. The number of amides is 2. The third-order valence-electron chi connectivity index (χ3n) is 4.86. The summed E-state index contributed by atoms with van der Waals surface area (Å²) in [5, 5.41) is 10.3. The second kappa shape index (κ2) is 6.21. The Morgan fingerprint density at radius 1 is 1.00 bits per heavy atom. The van der Waals surface area contributed by atoms with Gasteiger partial charge in [-0.3, -0.25) is 14.6 Å². The minimum Gasteiger partial charge on any atom is -0.271 e. The maximum absolute atomic E-state index is 13.0. The highest BCUT2D eigenvalue weighted by Gasteiger charge is 2.54. The van der Waals surface area contributed by atoms with E-state index < -0.39 is 12.1 Å². The SMILES string of the molecule is Cc1ccc(N2C(=O)[C@@H]3N=NN(Cc4ccc(Cl)cc4)[C@H]3C2=O)cc1C. The Bertz CT molecular complexity index is 926. The number of aryl methyl sites for hydroxylation is 2. The standard InChI is InChI=1S/C19H17ClN4O2/c1-11-3-8-15(9-12(11)2)24-18(25)16-17(19(24)26)23(22-21-16)10-13-4-6-14(20)7-5-13/h3-9,16-17H,10H2,1-2H3/t16-,17-/m1/s1. The van der Waals surface area contributed by atoms with Crippen LogP contribution in [-0.2, 0) is 16.1 Å². The fourth-order valence-corrected chi connectivity index (χ4v) is 3.38. The Balaban J connectivity index is 1.60. The van der Waals surface area contributed by atoms with Crippen molar-refractivity contribution >= 4 is 29.1 Å². The van der Waals surface area contributed by atoms with Gasteiger partial charge in [0, 0.05) is 5.02 Å². The van der Waals surface area contributed by atoms with Gasteiger partial charge in [0.05, 0.1) is 12.2 Å². The van der Waals surface area contributed by atoms with E-state index in [0.717, 1.165) is 16.7 Å². The summed E-state index contributed by atoms with van der Waals surface area (Å²) in [6.07, 6.45) is 0. The highest BCUT2D eigenvalue weighted by Crippen LogP contribution is 2.33. The van der Waals surface area contributed by atoms with E-state index in [-0.39, 0.29) is 11.8 Å². The van der Waals surface area contributed by atoms with Gasteiger partial charge in [0.2, 0.25) is 0 Å². The zero-order chi connectivity index (χ0) is 18.4. The van der Waals surface area contributed by atoms with Gasteiger partial charge in [-0.2, -0.15) is 5.11 Å². The van der Waals surface area contributed by atoms with Crippen molar-refractivity contribution in [1.29, 1.82) is 0 Å².